The molecule has 0 rings (SSSR count). The van der Waals surface area contributed by atoms with Gasteiger partial charge in [-0.2, -0.15) is 0 Å². The Morgan fingerprint density at radius 1 is 1.50 bits per heavy atom. The van der Waals surface area contributed by atoms with Gasteiger partial charge in [0.15, 0.2) is 0 Å². The van der Waals surface area contributed by atoms with E-state index in [2.05, 4.69) is 0 Å². The van der Waals surface area contributed by atoms with Crippen LogP contribution in [0.25, 0.3) is 0 Å². The van der Waals surface area contributed by atoms with E-state index in [4.69, 9.17) is 13.2 Å². The van der Waals surface area contributed by atoms with Gasteiger partial charge in [-0.15, -0.1) is 4.39 Å². The number of carbonyl (C=O) groups excluding carboxylic acids is 1. The van der Waals surface area contributed by atoms with Crippen molar-refractivity contribution >= 4 is 16.1 Å². The highest BCUT2D eigenvalue weighted by atomic mass is 32.2. The average molecular weight is 112 g/mol. The van der Waals surface area contributed by atoms with Gasteiger partial charge in [-0.05, 0) is 0 Å². The zero-order valence-corrected chi connectivity index (χ0v) is 3.44. The SMILES string of the molecule is O=C(F)[SH](=O)=O. The maximum atomic E-state index is 10.6. The molecule has 3 nitrogen and oxygen atoms in total. The van der Waals surface area contributed by atoms with Gasteiger partial charge in [0, 0.05) is 0 Å². The molecule has 0 N–H and O–H groups in total. The second kappa shape index (κ2) is 1.86. The summed E-state index contributed by atoms with van der Waals surface area (Å²) in [5, 5.41) is -2.29. The Balaban J connectivity index is 3.94. The lowest BCUT2D eigenvalue weighted by Crippen LogP contribution is -1.82. The van der Waals surface area contributed by atoms with Crippen molar-refractivity contribution in [2.45, 2.75) is 0 Å². The van der Waals surface area contributed by atoms with E-state index in [9.17, 15) is 4.39 Å². The van der Waals surface area contributed by atoms with Crippen molar-refractivity contribution in [2.75, 3.05) is 0 Å². The van der Waals surface area contributed by atoms with Crippen molar-refractivity contribution in [2.24, 2.45) is 0 Å². The van der Waals surface area contributed by atoms with Gasteiger partial charge in [0.1, 0.15) is 0 Å². The van der Waals surface area contributed by atoms with Crippen molar-refractivity contribution in [1.29, 1.82) is 0 Å². The predicted molar refractivity (Wildman–Crippen MR) is 16.8 cm³/mol. The molecule has 0 aliphatic rings. The highest BCUT2D eigenvalue weighted by molar-refractivity contribution is 7.88. The van der Waals surface area contributed by atoms with Gasteiger partial charge in [-0.1, -0.05) is 0 Å². The quantitative estimate of drug-likeness (QED) is 0.345. The van der Waals surface area contributed by atoms with Gasteiger partial charge >= 0.3 is 5.37 Å². The smallest absolute Gasteiger partial charge is 0.243 e. The van der Waals surface area contributed by atoms with E-state index in [1.807, 2.05) is 0 Å². The Hall–Kier alpha value is -0.450. The van der Waals surface area contributed by atoms with Crippen molar-refractivity contribution in [3.05, 3.63) is 0 Å². The van der Waals surface area contributed by atoms with Crippen molar-refractivity contribution < 1.29 is 17.6 Å². The summed E-state index contributed by atoms with van der Waals surface area (Å²) < 4.78 is 28.6. The van der Waals surface area contributed by atoms with E-state index in [1.54, 1.807) is 0 Å². The molecule has 0 atom stereocenters. The largest absolute Gasteiger partial charge is 0.413 e. The summed E-state index contributed by atoms with van der Waals surface area (Å²) in [6.07, 6.45) is 0. The van der Waals surface area contributed by atoms with Crippen molar-refractivity contribution in [1.82, 2.24) is 0 Å². The van der Waals surface area contributed by atoms with Crippen LogP contribution in [0, 0.1) is 0 Å². The van der Waals surface area contributed by atoms with Gasteiger partial charge in [0.25, 0.3) is 0 Å². The zero-order chi connectivity index (χ0) is 5.15. The summed E-state index contributed by atoms with van der Waals surface area (Å²) in [5.74, 6) is 0. The third kappa shape index (κ3) is 1.83. The van der Waals surface area contributed by atoms with E-state index in [1.165, 1.54) is 0 Å². The first kappa shape index (κ1) is 5.55. The average Bonchev–Trinajstić information content (AvgIpc) is 1.36. The van der Waals surface area contributed by atoms with E-state index in [0.29, 0.717) is 0 Å². The molecule has 0 aliphatic heterocycles. The molecule has 0 aromatic heterocycles. The van der Waals surface area contributed by atoms with E-state index in [-0.39, 0.29) is 0 Å². The molecule has 6 heavy (non-hydrogen) atoms. The monoisotopic (exact) mass is 112 g/mol. The molecule has 0 saturated carbocycles. The normalized spacial score (nSPS) is 9.00. The van der Waals surface area contributed by atoms with Crippen molar-refractivity contribution in [3.8, 4) is 0 Å². The highest BCUT2D eigenvalue weighted by Crippen LogP contribution is 1.72. The number of hydrogen-bond donors (Lipinski definition) is 1. The van der Waals surface area contributed by atoms with Crippen LogP contribution in [0.5, 0.6) is 0 Å². The van der Waals surface area contributed by atoms with Gasteiger partial charge in [0.2, 0.25) is 10.7 Å². The molecule has 0 spiro atoms. The maximum absolute atomic E-state index is 10.6. The molecule has 0 fully saturated rings. The number of rotatable bonds is 0. The van der Waals surface area contributed by atoms with E-state index >= 15 is 0 Å². The maximum Gasteiger partial charge on any atom is 0.413 e. The molecular formula is CHFO3S. The van der Waals surface area contributed by atoms with Crippen LogP contribution in [0.3, 0.4) is 0 Å². The molecular weight excluding hydrogens is 111 g/mol. The minimum Gasteiger partial charge on any atom is -0.243 e. The fourth-order valence-corrected chi connectivity index (χ4v) is 0. The molecule has 0 aromatic rings. The van der Waals surface area contributed by atoms with Crippen LogP contribution < -0.4 is 0 Å². The summed E-state index contributed by atoms with van der Waals surface area (Å²) >= 11 is 0. The Labute approximate surface area is 34.7 Å². The Kier molecular flexibility index (Phi) is 1.72. The fraction of sp³-hybridized carbons (Fsp3) is 0. The molecule has 0 heterocycles. The third-order valence-corrected chi connectivity index (χ3v) is 0.431. The molecule has 0 unspecified atom stereocenters. The van der Waals surface area contributed by atoms with Gasteiger partial charge < -0.3 is 0 Å². The Morgan fingerprint density at radius 2 is 1.67 bits per heavy atom. The predicted octanol–water partition coefficient (Wildman–Crippen LogP) is -0.313. The summed E-state index contributed by atoms with van der Waals surface area (Å²) in [5.41, 5.74) is 0. The van der Waals surface area contributed by atoms with Gasteiger partial charge in [0.05, 0.1) is 0 Å². The molecule has 0 aliphatic carbocycles. The van der Waals surface area contributed by atoms with Crippen molar-refractivity contribution in [3.63, 3.8) is 0 Å². The summed E-state index contributed by atoms with van der Waals surface area (Å²) in [6.45, 7) is 0. The number of carbonyl (C=O) groups is 1. The van der Waals surface area contributed by atoms with Crippen LogP contribution in [-0.2, 0) is 10.7 Å². The Morgan fingerprint density at radius 3 is 1.67 bits per heavy atom. The highest BCUT2D eigenvalue weighted by Gasteiger charge is 1.93. The number of thiol groups is 1. The minimum atomic E-state index is -3.47. The van der Waals surface area contributed by atoms with E-state index < -0.39 is 16.1 Å². The minimum absolute atomic E-state index is 2.29. The lowest BCUT2D eigenvalue weighted by molar-refractivity contribution is 0.243. The topological polar surface area (TPSA) is 51.2 Å². The Bertz CT molecular complexity index is 117. The second-order valence-electron chi connectivity index (χ2n) is 0.510. The molecule has 0 bridgehead atoms. The first-order valence-electron chi connectivity index (χ1n) is 0.982. The lowest BCUT2D eigenvalue weighted by Gasteiger charge is -1.58. The van der Waals surface area contributed by atoms with Crippen LogP contribution in [-0.4, -0.2) is 13.8 Å². The second-order valence-corrected chi connectivity index (χ2v) is 1.38. The zero-order valence-electron chi connectivity index (χ0n) is 2.55. The van der Waals surface area contributed by atoms with Crippen LogP contribution in [0.2, 0.25) is 0 Å². The molecule has 0 saturated heterocycles. The first-order chi connectivity index (χ1) is 2.64. The summed E-state index contributed by atoms with van der Waals surface area (Å²) in [6, 6.07) is 0. The molecule has 0 amide bonds. The number of hydrogen-bond acceptors (Lipinski definition) is 3. The van der Waals surface area contributed by atoms with Crippen LogP contribution >= 0.6 is 0 Å². The third-order valence-electron chi connectivity index (χ3n) is 0.144. The number of halogens is 1. The van der Waals surface area contributed by atoms with Crippen LogP contribution in [0.15, 0.2) is 0 Å². The summed E-state index contributed by atoms with van der Waals surface area (Å²) in [4.78, 5) is 8.88. The van der Waals surface area contributed by atoms with Gasteiger partial charge in [-0.25, -0.2) is 13.2 Å². The molecule has 0 aromatic carbocycles. The molecule has 0 radical (unpaired) electrons. The van der Waals surface area contributed by atoms with E-state index in [0.717, 1.165) is 0 Å². The standard InChI is InChI=1S/CHFO3S/c2-1(3)6(4)5/h6H. The molecule has 36 valence electrons. The summed E-state index contributed by atoms with van der Waals surface area (Å²) in [7, 11) is -3.47. The van der Waals surface area contributed by atoms with Gasteiger partial charge in [-0.3, -0.25) is 0 Å². The van der Waals surface area contributed by atoms with Crippen LogP contribution in [0.1, 0.15) is 0 Å². The molecule has 5 heteroatoms. The lowest BCUT2D eigenvalue weighted by atomic mass is 11.7. The van der Waals surface area contributed by atoms with Crippen LogP contribution in [0.4, 0.5) is 9.18 Å². The fourth-order valence-electron chi connectivity index (χ4n) is 0. The first-order valence-corrected chi connectivity index (χ1v) is 2.16.